The van der Waals surface area contributed by atoms with E-state index in [-0.39, 0.29) is 0 Å². The fraction of sp³-hybridized carbons (Fsp3) is 1.00. The van der Waals surface area contributed by atoms with Gasteiger partial charge in [0, 0.05) is 24.7 Å². The second kappa shape index (κ2) is 5.99. The Morgan fingerprint density at radius 1 is 1.38 bits per heavy atom. The highest BCUT2D eigenvalue weighted by atomic mass is 15.2. The molecule has 1 heterocycles. The highest BCUT2D eigenvalue weighted by Crippen LogP contribution is 2.21. The van der Waals surface area contributed by atoms with Crippen LogP contribution in [0.2, 0.25) is 0 Å². The first-order chi connectivity index (χ1) is 7.43. The van der Waals surface area contributed by atoms with E-state index in [0.717, 1.165) is 13.1 Å². The summed E-state index contributed by atoms with van der Waals surface area (Å²) < 4.78 is 0. The Morgan fingerprint density at radius 3 is 2.69 bits per heavy atom. The average molecular weight is 227 g/mol. The minimum atomic E-state index is 0.294. The first kappa shape index (κ1) is 13.9. The molecule has 1 atom stereocenters. The van der Waals surface area contributed by atoms with Crippen LogP contribution in [0, 0.1) is 0 Å². The quantitative estimate of drug-likeness (QED) is 0.783. The van der Waals surface area contributed by atoms with Crippen molar-refractivity contribution in [3.63, 3.8) is 0 Å². The van der Waals surface area contributed by atoms with Crippen molar-refractivity contribution in [2.45, 2.75) is 45.2 Å². The van der Waals surface area contributed by atoms with Crippen LogP contribution in [0.4, 0.5) is 0 Å². The first-order valence-corrected chi connectivity index (χ1v) is 6.55. The van der Waals surface area contributed by atoms with Gasteiger partial charge < -0.3 is 10.2 Å². The average Bonchev–Trinajstić information content (AvgIpc) is 2.28. The van der Waals surface area contributed by atoms with Crippen molar-refractivity contribution in [2.75, 3.05) is 40.3 Å². The smallest absolute Gasteiger partial charge is 0.0280 e. The molecule has 1 N–H and O–H groups in total. The largest absolute Gasteiger partial charge is 0.315 e. The molecule has 3 nitrogen and oxygen atoms in total. The summed E-state index contributed by atoms with van der Waals surface area (Å²) in [5.74, 6) is 0. The zero-order valence-electron chi connectivity index (χ0n) is 11.7. The van der Waals surface area contributed by atoms with Crippen LogP contribution in [0.3, 0.4) is 0 Å². The lowest BCUT2D eigenvalue weighted by molar-refractivity contribution is 0.0845. The Hall–Kier alpha value is -0.120. The van der Waals surface area contributed by atoms with E-state index in [1.807, 2.05) is 0 Å². The van der Waals surface area contributed by atoms with Gasteiger partial charge in [-0.2, -0.15) is 0 Å². The van der Waals surface area contributed by atoms with Gasteiger partial charge in [0.2, 0.25) is 0 Å². The van der Waals surface area contributed by atoms with Crippen LogP contribution in [0.1, 0.15) is 33.6 Å². The minimum Gasteiger partial charge on any atom is -0.315 e. The molecule has 16 heavy (non-hydrogen) atoms. The summed E-state index contributed by atoms with van der Waals surface area (Å²) >= 11 is 0. The highest BCUT2D eigenvalue weighted by molar-refractivity contribution is 4.90. The van der Waals surface area contributed by atoms with Gasteiger partial charge in [-0.15, -0.1) is 0 Å². The van der Waals surface area contributed by atoms with Gasteiger partial charge in [-0.05, 0) is 60.8 Å². The summed E-state index contributed by atoms with van der Waals surface area (Å²) in [5.41, 5.74) is 0.294. The molecule has 3 heteroatoms. The molecule has 96 valence electrons. The van der Waals surface area contributed by atoms with Gasteiger partial charge in [0.25, 0.3) is 0 Å². The van der Waals surface area contributed by atoms with Gasteiger partial charge in [-0.1, -0.05) is 0 Å². The molecule has 1 unspecified atom stereocenters. The first-order valence-electron chi connectivity index (χ1n) is 6.55. The van der Waals surface area contributed by atoms with E-state index in [0.29, 0.717) is 11.6 Å². The Labute approximate surface area is 101 Å². The molecule has 1 fully saturated rings. The summed E-state index contributed by atoms with van der Waals surface area (Å²) in [7, 11) is 4.30. The molecule has 0 aromatic heterocycles. The third kappa shape index (κ3) is 4.04. The van der Waals surface area contributed by atoms with Crippen LogP contribution in [-0.2, 0) is 0 Å². The lowest BCUT2D eigenvalue weighted by Gasteiger charge is -2.41. The molecule has 1 aliphatic rings. The van der Waals surface area contributed by atoms with E-state index in [1.165, 1.54) is 25.9 Å². The zero-order valence-corrected chi connectivity index (χ0v) is 11.7. The van der Waals surface area contributed by atoms with Crippen LogP contribution in [0.25, 0.3) is 0 Å². The molecule has 1 aliphatic heterocycles. The molecule has 0 amide bonds. The topological polar surface area (TPSA) is 18.5 Å². The van der Waals surface area contributed by atoms with Crippen LogP contribution in [0.5, 0.6) is 0 Å². The summed E-state index contributed by atoms with van der Waals surface area (Å²) in [4.78, 5) is 4.95. The maximum absolute atomic E-state index is 3.55. The van der Waals surface area contributed by atoms with E-state index in [9.17, 15) is 0 Å². The minimum absolute atomic E-state index is 0.294. The molecule has 0 saturated carbocycles. The van der Waals surface area contributed by atoms with Crippen molar-refractivity contribution in [2.24, 2.45) is 0 Å². The maximum atomic E-state index is 3.55. The third-order valence-corrected chi connectivity index (χ3v) is 3.61. The van der Waals surface area contributed by atoms with Crippen molar-refractivity contribution in [3.05, 3.63) is 0 Å². The molecule has 0 spiro atoms. The normalized spacial score (nSPS) is 27.0. The third-order valence-electron chi connectivity index (χ3n) is 3.61. The fourth-order valence-corrected chi connectivity index (χ4v) is 2.64. The van der Waals surface area contributed by atoms with Crippen LogP contribution in [0.15, 0.2) is 0 Å². The molecule has 0 aliphatic carbocycles. The standard InChI is InChI=1S/C13H29N3/c1-12-7-8-14-11-13(2,3)16(12)10-6-9-15(4)5/h12,14H,6-11H2,1-5H3. The number of nitrogens with zero attached hydrogens (tertiary/aromatic N) is 2. The lowest BCUT2D eigenvalue weighted by Crippen LogP contribution is -2.52. The molecule has 1 rings (SSSR count). The van der Waals surface area contributed by atoms with Crippen molar-refractivity contribution >= 4 is 0 Å². The number of rotatable bonds is 4. The Balaban J connectivity index is 2.50. The summed E-state index contributed by atoms with van der Waals surface area (Å²) in [5, 5.41) is 3.55. The molecule has 0 aromatic rings. The molecule has 1 saturated heterocycles. The van der Waals surface area contributed by atoms with Gasteiger partial charge in [0.05, 0.1) is 0 Å². The van der Waals surface area contributed by atoms with Gasteiger partial charge >= 0.3 is 0 Å². The van der Waals surface area contributed by atoms with Crippen molar-refractivity contribution in [1.82, 2.24) is 15.1 Å². The van der Waals surface area contributed by atoms with E-state index < -0.39 is 0 Å². The molecular weight excluding hydrogens is 198 g/mol. The van der Waals surface area contributed by atoms with Crippen LogP contribution >= 0.6 is 0 Å². The van der Waals surface area contributed by atoms with E-state index in [4.69, 9.17) is 0 Å². The predicted molar refractivity (Wildman–Crippen MR) is 70.9 cm³/mol. The van der Waals surface area contributed by atoms with E-state index >= 15 is 0 Å². The van der Waals surface area contributed by atoms with Gasteiger partial charge in [0.15, 0.2) is 0 Å². The lowest BCUT2D eigenvalue weighted by atomic mass is 10.0. The molecular formula is C13H29N3. The van der Waals surface area contributed by atoms with Gasteiger partial charge in [-0.25, -0.2) is 0 Å². The van der Waals surface area contributed by atoms with Gasteiger partial charge in [-0.3, -0.25) is 4.90 Å². The number of hydrogen-bond donors (Lipinski definition) is 1. The van der Waals surface area contributed by atoms with Crippen molar-refractivity contribution < 1.29 is 0 Å². The molecule has 0 bridgehead atoms. The highest BCUT2D eigenvalue weighted by Gasteiger charge is 2.31. The van der Waals surface area contributed by atoms with Crippen LogP contribution < -0.4 is 5.32 Å². The molecule has 0 radical (unpaired) electrons. The predicted octanol–water partition coefficient (Wildman–Crippen LogP) is 1.40. The number of hydrogen-bond acceptors (Lipinski definition) is 3. The van der Waals surface area contributed by atoms with Crippen LogP contribution in [-0.4, -0.2) is 61.7 Å². The second-order valence-electron chi connectivity index (χ2n) is 5.98. The summed E-state index contributed by atoms with van der Waals surface area (Å²) in [6.45, 7) is 11.8. The maximum Gasteiger partial charge on any atom is 0.0280 e. The summed E-state index contributed by atoms with van der Waals surface area (Å²) in [6.07, 6.45) is 2.53. The summed E-state index contributed by atoms with van der Waals surface area (Å²) in [6, 6.07) is 0.701. The Bertz CT molecular complexity index is 201. The zero-order chi connectivity index (χ0) is 12.2. The molecule has 0 aromatic carbocycles. The van der Waals surface area contributed by atoms with E-state index in [2.05, 4.69) is 50.0 Å². The second-order valence-corrected chi connectivity index (χ2v) is 5.98. The monoisotopic (exact) mass is 227 g/mol. The number of nitrogens with one attached hydrogen (secondary N) is 1. The Morgan fingerprint density at radius 2 is 2.06 bits per heavy atom. The Kier molecular flexibility index (Phi) is 5.22. The van der Waals surface area contributed by atoms with Crippen molar-refractivity contribution in [1.29, 1.82) is 0 Å². The van der Waals surface area contributed by atoms with Crippen molar-refractivity contribution in [3.8, 4) is 0 Å². The van der Waals surface area contributed by atoms with Gasteiger partial charge in [0.1, 0.15) is 0 Å². The van der Waals surface area contributed by atoms with E-state index in [1.54, 1.807) is 0 Å². The fourth-order valence-electron chi connectivity index (χ4n) is 2.64. The SMILES string of the molecule is CC1CCNCC(C)(C)N1CCCN(C)C.